The number of hydrogen-bond acceptors (Lipinski definition) is 8. The number of likely N-dealkylation sites (tertiary alicyclic amines) is 1. The van der Waals surface area contributed by atoms with Gasteiger partial charge in [-0.25, -0.2) is 4.39 Å². The lowest BCUT2D eigenvalue weighted by Crippen LogP contribution is -2.55. The minimum atomic E-state index is -0.612. The van der Waals surface area contributed by atoms with Gasteiger partial charge in [0.25, 0.3) is 5.91 Å². The standard InChI is InChI=1S/C34H44FN5O5/c1-44-25-5-3-4-23(16-25)32(42)36-24-19-34(20-24)10-14-39(15-11-34)21-22-8-12-40(13-9-22)29-18-30(45-2)28(17-26(29)35)37-27-6-7-31(41)38-33(27)43/h3-5,16-18,22,24,27,37H,6-15,19-21H2,1-2H3,(H,36,42)(H,38,41,43). The molecule has 1 atom stereocenters. The number of piperidine rings is 3. The Morgan fingerprint density at radius 1 is 1.02 bits per heavy atom. The highest BCUT2D eigenvalue weighted by Gasteiger charge is 2.46. The van der Waals surface area contributed by atoms with Crippen LogP contribution in [-0.4, -0.2) is 81.6 Å². The van der Waals surface area contributed by atoms with E-state index < -0.39 is 11.9 Å². The third-order valence-corrected chi connectivity index (χ3v) is 10.3. The summed E-state index contributed by atoms with van der Waals surface area (Å²) in [4.78, 5) is 41.0. The van der Waals surface area contributed by atoms with E-state index in [-0.39, 0.29) is 30.1 Å². The molecular weight excluding hydrogens is 577 g/mol. The van der Waals surface area contributed by atoms with Crippen LogP contribution in [0.1, 0.15) is 61.7 Å². The van der Waals surface area contributed by atoms with Crippen molar-refractivity contribution in [2.75, 3.05) is 57.2 Å². The lowest BCUT2D eigenvalue weighted by molar-refractivity contribution is -0.133. The maximum Gasteiger partial charge on any atom is 0.251 e. The minimum Gasteiger partial charge on any atom is -0.497 e. The number of carbonyl (C=O) groups is 3. The average Bonchev–Trinajstić information content (AvgIpc) is 3.03. The summed E-state index contributed by atoms with van der Waals surface area (Å²) in [6, 6.07) is 10.0. The van der Waals surface area contributed by atoms with Crippen LogP contribution >= 0.6 is 0 Å². The van der Waals surface area contributed by atoms with Crippen molar-refractivity contribution in [3.63, 3.8) is 0 Å². The predicted octanol–water partition coefficient (Wildman–Crippen LogP) is 3.95. The van der Waals surface area contributed by atoms with E-state index in [9.17, 15) is 14.4 Å². The van der Waals surface area contributed by atoms with Crippen LogP contribution in [0.5, 0.6) is 11.5 Å². The van der Waals surface area contributed by atoms with Crippen LogP contribution in [-0.2, 0) is 9.59 Å². The fraction of sp³-hybridized carbons (Fsp3) is 0.559. The van der Waals surface area contributed by atoms with Crippen LogP contribution in [0.25, 0.3) is 0 Å². The van der Waals surface area contributed by atoms with Crippen molar-refractivity contribution in [3.8, 4) is 11.5 Å². The Balaban J connectivity index is 0.943. The number of halogens is 1. The van der Waals surface area contributed by atoms with Crippen molar-refractivity contribution in [2.45, 2.75) is 63.5 Å². The van der Waals surface area contributed by atoms with Crippen molar-refractivity contribution in [2.24, 2.45) is 11.3 Å². The van der Waals surface area contributed by atoms with Crippen LogP contribution in [0.2, 0.25) is 0 Å². The first kappa shape index (κ1) is 31.1. The minimum absolute atomic E-state index is 0.0318. The zero-order chi connectivity index (χ0) is 31.6. The van der Waals surface area contributed by atoms with E-state index in [1.165, 1.54) is 26.0 Å². The number of carbonyl (C=O) groups excluding carboxylic acids is 3. The molecule has 2 aromatic rings. The third kappa shape index (κ3) is 7.03. The first-order valence-electron chi connectivity index (χ1n) is 16.1. The predicted molar refractivity (Wildman–Crippen MR) is 169 cm³/mol. The summed E-state index contributed by atoms with van der Waals surface area (Å²) in [6.07, 6.45) is 7.02. The molecule has 4 aliphatic rings. The first-order chi connectivity index (χ1) is 21.7. The normalized spacial score (nSPS) is 22.5. The number of rotatable bonds is 9. The fourth-order valence-electron chi connectivity index (χ4n) is 7.55. The van der Waals surface area contributed by atoms with Crippen LogP contribution < -0.4 is 30.3 Å². The van der Waals surface area contributed by atoms with Crippen LogP contribution in [0.4, 0.5) is 15.8 Å². The molecule has 11 heteroatoms. The molecule has 0 aromatic heterocycles. The number of methoxy groups -OCH3 is 2. The average molecular weight is 622 g/mol. The fourth-order valence-corrected chi connectivity index (χ4v) is 7.55. The first-order valence-corrected chi connectivity index (χ1v) is 16.1. The Kier molecular flexibility index (Phi) is 9.16. The number of anilines is 2. The Morgan fingerprint density at radius 3 is 2.47 bits per heavy atom. The summed E-state index contributed by atoms with van der Waals surface area (Å²) in [5.41, 5.74) is 1.90. The maximum atomic E-state index is 15.3. The second-order valence-corrected chi connectivity index (χ2v) is 13.2. The number of amides is 3. The van der Waals surface area contributed by atoms with E-state index in [0.717, 1.165) is 58.4 Å². The van der Waals surface area contributed by atoms with Crippen molar-refractivity contribution in [1.82, 2.24) is 15.5 Å². The molecule has 0 bridgehead atoms. The van der Waals surface area contributed by atoms with Gasteiger partial charge in [-0.15, -0.1) is 0 Å². The maximum absolute atomic E-state index is 15.3. The molecule has 45 heavy (non-hydrogen) atoms. The molecule has 1 saturated carbocycles. The molecule has 1 unspecified atom stereocenters. The Morgan fingerprint density at radius 2 is 1.78 bits per heavy atom. The van der Waals surface area contributed by atoms with Crippen LogP contribution in [0, 0.1) is 17.2 Å². The quantitative estimate of drug-likeness (QED) is 0.361. The molecule has 10 nitrogen and oxygen atoms in total. The lowest BCUT2D eigenvalue weighted by Gasteiger charge is -2.52. The SMILES string of the molecule is COc1cccc(C(=O)NC2CC3(CCN(CC4CCN(c5cc(OC)c(NC6CCC(=O)NC6=O)cc5F)CC4)CC3)C2)c1. The molecule has 6 rings (SSSR count). The molecule has 3 amide bonds. The van der Waals surface area contributed by atoms with Crippen LogP contribution in [0.3, 0.4) is 0 Å². The van der Waals surface area contributed by atoms with Gasteiger partial charge in [-0.1, -0.05) is 6.07 Å². The molecule has 242 valence electrons. The van der Waals surface area contributed by atoms with Gasteiger partial charge in [0.15, 0.2) is 0 Å². The zero-order valence-corrected chi connectivity index (χ0v) is 26.2. The number of ether oxygens (including phenoxy) is 2. The van der Waals surface area contributed by atoms with Gasteiger partial charge in [-0.2, -0.15) is 0 Å². The van der Waals surface area contributed by atoms with Gasteiger partial charge in [0, 0.05) is 49.8 Å². The van der Waals surface area contributed by atoms with Gasteiger partial charge in [0.2, 0.25) is 11.8 Å². The molecule has 2 aromatic carbocycles. The Bertz CT molecular complexity index is 1410. The zero-order valence-electron chi connectivity index (χ0n) is 26.2. The molecule has 1 spiro atoms. The second kappa shape index (κ2) is 13.2. The number of nitrogens with zero attached hydrogens (tertiary/aromatic N) is 2. The molecule has 3 N–H and O–H groups in total. The van der Waals surface area contributed by atoms with Gasteiger partial charge >= 0.3 is 0 Å². The van der Waals surface area contributed by atoms with Gasteiger partial charge < -0.3 is 29.9 Å². The van der Waals surface area contributed by atoms with E-state index in [2.05, 4.69) is 25.8 Å². The topological polar surface area (TPSA) is 112 Å². The number of imide groups is 1. The molecular formula is C34H44FN5O5. The summed E-state index contributed by atoms with van der Waals surface area (Å²) < 4.78 is 26.1. The molecule has 3 saturated heterocycles. The number of hydrogen-bond donors (Lipinski definition) is 3. The highest BCUT2D eigenvalue weighted by molar-refractivity contribution is 6.01. The Hall–Kier alpha value is -3.86. The lowest BCUT2D eigenvalue weighted by atomic mass is 9.60. The van der Waals surface area contributed by atoms with Gasteiger partial charge in [-0.05, 0) is 87.6 Å². The molecule has 4 fully saturated rings. The number of benzene rings is 2. The van der Waals surface area contributed by atoms with Gasteiger partial charge in [0.1, 0.15) is 23.4 Å². The molecule has 0 radical (unpaired) electrons. The molecule has 1 aliphatic carbocycles. The highest BCUT2D eigenvalue weighted by Crippen LogP contribution is 2.49. The van der Waals surface area contributed by atoms with E-state index in [4.69, 9.17) is 9.47 Å². The summed E-state index contributed by atoms with van der Waals surface area (Å²) >= 11 is 0. The Labute approximate surface area is 264 Å². The van der Waals surface area contributed by atoms with Crippen LogP contribution in [0.15, 0.2) is 36.4 Å². The van der Waals surface area contributed by atoms with Gasteiger partial charge in [-0.3, -0.25) is 19.7 Å². The van der Waals surface area contributed by atoms with Gasteiger partial charge in [0.05, 0.1) is 25.6 Å². The summed E-state index contributed by atoms with van der Waals surface area (Å²) in [7, 11) is 3.14. The number of nitrogens with one attached hydrogen (secondary N) is 3. The van der Waals surface area contributed by atoms with E-state index in [1.807, 2.05) is 18.2 Å². The second-order valence-electron chi connectivity index (χ2n) is 13.2. The summed E-state index contributed by atoms with van der Waals surface area (Å²) in [6.45, 7) is 4.79. The largest absolute Gasteiger partial charge is 0.497 e. The van der Waals surface area contributed by atoms with E-state index in [0.29, 0.717) is 46.2 Å². The highest BCUT2D eigenvalue weighted by atomic mass is 19.1. The van der Waals surface area contributed by atoms with E-state index >= 15 is 4.39 Å². The van der Waals surface area contributed by atoms with E-state index in [1.54, 1.807) is 19.2 Å². The monoisotopic (exact) mass is 621 g/mol. The summed E-state index contributed by atoms with van der Waals surface area (Å²) in [5.74, 6) is 0.644. The molecule has 3 heterocycles. The van der Waals surface area contributed by atoms with Crippen molar-refractivity contribution < 1.29 is 28.2 Å². The summed E-state index contributed by atoms with van der Waals surface area (Å²) in [5, 5.41) is 8.58. The third-order valence-electron chi connectivity index (χ3n) is 10.3. The van der Waals surface area contributed by atoms with Crippen molar-refractivity contribution >= 4 is 29.1 Å². The van der Waals surface area contributed by atoms with Crippen molar-refractivity contribution in [1.29, 1.82) is 0 Å². The molecule has 3 aliphatic heterocycles. The smallest absolute Gasteiger partial charge is 0.251 e. The van der Waals surface area contributed by atoms with Crippen molar-refractivity contribution in [3.05, 3.63) is 47.8 Å².